The lowest BCUT2D eigenvalue weighted by molar-refractivity contribution is 0.770. The van der Waals surface area contributed by atoms with Crippen molar-refractivity contribution in [1.82, 2.24) is 29.9 Å². The van der Waals surface area contributed by atoms with E-state index in [9.17, 15) is 0 Å². The van der Waals surface area contributed by atoms with Crippen LogP contribution in [0.1, 0.15) is 44.5 Å². The molecular weight excluding hydrogens is 1520 g/mol. The molecule has 22 aromatic rings. The van der Waals surface area contributed by atoms with Gasteiger partial charge in [-0.1, -0.05) is 394 Å². The Balaban J connectivity index is 0.000000142. The highest BCUT2D eigenvalue weighted by atomic mass is 32.1. The summed E-state index contributed by atoms with van der Waals surface area (Å²) in [4.78, 5) is 30.3. The molecule has 0 fully saturated rings. The first-order valence-electron chi connectivity index (χ1n) is 41.4. The molecule has 0 spiro atoms. The van der Waals surface area contributed by atoms with Gasteiger partial charge in [0, 0.05) is 73.7 Å². The third-order valence-electron chi connectivity index (χ3n) is 24.7. The van der Waals surface area contributed by atoms with Gasteiger partial charge in [0.15, 0.2) is 34.9 Å². The predicted octanol–water partition coefficient (Wildman–Crippen LogP) is 29.4. The van der Waals surface area contributed by atoms with Crippen LogP contribution in [0.3, 0.4) is 0 Å². The summed E-state index contributed by atoms with van der Waals surface area (Å²) < 4.78 is 5.10. The molecule has 0 saturated carbocycles. The number of hydrogen-bond donors (Lipinski definition) is 0. The van der Waals surface area contributed by atoms with E-state index in [4.69, 9.17) is 29.9 Å². The molecule has 6 nitrogen and oxygen atoms in total. The molecule has 0 saturated heterocycles. The van der Waals surface area contributed by atoms with E-state index >= 15 is 0 Å². The van der Waals surface area contributed by atoms with Crippen LogP contribution in [0.4, 0.5) is 0 Å². The molecule has 8 heteroatoms. The van der Waals surface area contributed by atoms with Crippen LogP contribution in [0.2, 0.25) is 0 Å². The van der Waals surface area contributed by atoms with Gasteiger partial charge in [-0.05, 0) is 153 Å². The van der Waals surface area contributed by atoms with Crippen molar-refractivity contribution in [3.05, 3.63) is 481 Å². The van der Waals surface area contributed by atoms with Crippen LogP contribution < -0.4 is 0 Å². The third-order valence-corrected chi connectivity index (χ3v) is 26.9. The highest BCUT2D eigenvalue weighted by molar-refractivity contribution is 7.26. The van der Waals surface area contributed by atoms with Crippen molar-refractivity contribution in [3.63, 3.8) is 0 Å². The minimum atomic E-state index is -0.426. The fraction of sp³-hybridized carbons (Fsp3) is 0.0175. The second-order valence-electron chi connectivity index (χ2n) is 31.4. The Morgan fingerprint density at radius 1 is 0.148 bits per heavy atom. The summed E-state index contributed by atoms with van der Waals surface area (Å²) in [6, 6.07) is 157. The maximum Gasteiger partial charge on any atom is 0.164 e. The molecule has 24 rings (SSSR count). The summed E-state index contributed by atoms with van der Waals surface area (Å²) in [6.45, 7) is 0. The summed E-state index contributed by atoms with van der Waals surface area (Å²) in [7, 11) is 0. The van der Waals surface area contributed by atoms with Gasteiger partial charge in [0.2, 0.25) is 0 Å². The normalized spacial score (nSPS) is 12.7. The van der Waals surface area contributed by atoms with Gasteiger partial charge in [0.1, 0.15) is 0 Å². The van der Waals surface area contributed by atoms with Gasteiger partial charge in [-0.25, -0.2) is 29.9 Å². The summed E-state index contributed by atoms with van der Waals surface area (Å²) in [5, 5.41) is 7.36. The van der Waals surface area contributed by atoms with Crippen molar-refractivity contribution < 1.29 is 0 Å². The molecule has 0 atom stereocenters. The zero-order valence-electron chi connectivity index (χ0n) is 66.1. The van der Waals surface area contributed by atoms with Crippen LogP contribution in [-0.2, 0) is 10.8 Å². The molecule has 0 bridgehead atoms. The Morgan fingerprint density at radius 3 is 0.844 bits per heavy atom. The first-order chi connectivity index (χ1) is 60.4. The number of benzene rings is 18. The Hall–Kier alpha value is -15.3. The number of fused-ring (bicyclic) bond motifs is 13. The van der Waals surface area contributed by atoms with Crippen molar-refractivity contribution in [2.75, 3.05) is 0 Å². The van der Waals surface area contributed by atoms with Gasteiger partial charge in [0.05, 0.1) is 10.8 Å². The van der Waals surface area contributed by atoms with E-state index < -0.39 is 10.8 Å². The van der Waals surface area contributed by atoms with Crippen molar-refractivity contribution in [2.24, 2.45) is 0 Å². The molecule has 4 heterocycles. The average molecular weight is 1590 g/mol. The van der Waals surface area contributed by atoms with Crippen molar-refractivity contribution in [2.45, 2.75) is 10.8 Å². The minimum absolute atomic E-state index is 0.424. The zero-order chi connectivity index (χ0) is 80.7. The lowest BCUT2D eigenvalue weighted by atomic mass is 9.67. The fourth-order valence-corrected chi connectivity index (χ4v) is 21.5. The van der Waals surface area contributed by atoms with Gasteiger partial charge in [0.25, 0.3) is 0 Å². The zero-order valence-corrected chi connectivity index (χ0v) is 67.7. The molecule has 4 aromatic heterocycles. The predicted molar refractivity (Wildman–Crippen MR) is 506 cm³/mol. The summed E-state index contributed by atoms with van der Waals surface area (Å²) in [6.07, 6.45) is 0. The molecule has 570 valence electrons. The lowest BCUT2D eigenvalue weighted by Crippen LogP contribution is -2.28. The van der Waals surface area contributed by atoms with E-state index in [0.717, 1.165) is 66.4 Å². The van der Waals surface area contributed by atoms with Gasteiger partial charge < -0.3 is 0 Å². The van der Waals surface area contributed by atoms with Crippen LogP contribution in [0, 0.1) is 0 Å². The highest BCUT2D eigenvalue weighted by Crippen LogP contribution is 2.59. The molecular formula is C114H72N6S2. The minimum Gasteiger partial charge on any atom is -0.208 e. The first kappa shape index (κ1) is 72.0. The highest BCUT2D eigenvalue weighted by Gasteiger charge is 2.48. The van der Waals surface area contributed by atoms with Crippen LogP contribution in [-0.4, -0.2) is 29.9 Å². The van der Waals surface area contributed by atoms with Crippen LogP contribution >= 0.6 is 22.7 Å². The number of rotatable bonds is 13. The molecule has 0 N–H and O–H groups in total. The van der Waals surface area contributed by atoms with E-state index in [1.54, 1.807) is 0 Å². The van der Waals surface area contributed by atoms with Crippen molar-refractivity contribution in [1.29, 1.82) is 0 Å². The molecule has 2 aliphatic rings. The second kappa shape index (κ2) is 29.9. The van der Waals surface area contributed by atoms with Crippen LogP contribution in [0.5, 0.6) is 0 Å². The van der Waals surface area contributed by atoms with Crippen LogP contribution in [0.15, 0.2) is 437 Å². The molecule has 2 aliphatic carbocycles. The topological polar surface area (TPSA) is 77.3 Å². The summed E-state index contributed by atoms with van der Waals surface area (Å²) >= 11 is 3.74. The number of nitrogens with zero attached hydrogens (tertiary/aromatic N) is 6. The lowest BCUT2D eigenvalue weighted by Gasteiger charge is -2.33. The monoisotopic (exact) mass is 1590 g/mol. The molecule has 0 amide bonds. The van der Waals surface area contributed by atoms with Gasteiger partial charge in [-0.3, -0.25) is 0 Å². The average Bonchev–Trinajstić information content (AvgIpc) is 1.54. The second-order valence-corrected chi connectivity index (χ2v) is 33.6. The van der Waals surface area contributed by atoms with Gasteiger partial charge in [-0.15, -0.1) is 22.7 Å². The van der Waals surface area contributed by atoms with E-state index in [2.05, 4.69) is 352 Å². The summed E-state index contributed by atoms with van der Waals surface area (Å²) in [5.74, 6) is 3.89. The Kier molecular flexibility index (Phi) is 17.7. The number of aromatic nitrogens is 6. The van der Waals surface area contributed by atoms with E-state index in [-0.39, 0.29) is 0 Å². The van der Waals surface area contributed by atoms with E-state index in [1.807, 2.05) is 108 Å². The molecule has 0 unspecified atom stereocenters. The first-order valence-corrected chi connectivity index (χ1v) is 43.0. The smallest absolute Gasteiger partial charge is 0.164 e. The fourth-order valence-electron chi connectivity index (χ4n) is 19.1. The van der Waals surface area contributed by atoms with Gasteiger partial charge >= 0.3 is 0 Å². The number of hydrogen-bond acceptors (Lipinski definition) is 8. The molecule has 122 heavy (non-hydrogen) atoms. The maximum atomic E-state index is 5.12. The van der Waals surface area contributed by atoms with Crippen molar-refractivity contribution in [3.8, 4) is 124 Å². The SMILES string of the molecule is c1ccc(-c2cccc(-c3nc(-c4ccccc4)nc(-c4cccc(-c5ccc6c(c5)sc5cc(C7(c8ccccc8)c8ccccc8-c8ccccc87)ccc56)c4)n3)c2)cc1.c1ccc(-c2nc(-c3ccccc3)nc(-c3ccc(-c4ccc5c(c4)sc4cc(C6(c7ccccc7)c7ccccc7-c7ccccc76)ccc45)c4ccccc34)n2)cc1. The quantitative estimate of drug-likeness (QED) is 0.114. The maximum absolute atomic E-state index is 5.12. The number of thiophene rings is 2. The van der Waals surface area contributed by atoms with Crippen LogP contribution in [0.25, 0.3) is 175 Å². The standard InChI is InChI=1S/C58H37N3S.C56H35N3S/c1-4-16-38(17-5-1)40-20-14-22-43(34-40)56-59-55(39-18-6-2-7-19-39)60-57(61-56)44-23-15-21-41(35-44)42-30-32-49-50-33-31-46(37-54(50)62-53(49)36-42)58(45-24-8-3-9-25-45)51-28-12-10-26-47(51)48-27-11-13-29-52(48)58;1-4-16-36(17-5-1)53-57-54(37-18-6-2-7-19-37)59-55(58-53)48-33-32-41(42-22-10-11-23-43(42)48)38-28-30-46-47-31-29-40(35-52(47)60-51(46)34-38)56(39-20-8-3-9-21-39)49-26-14-12-24-44(49)45-25-13-15-27-50(45)56/h1-37H;1-35H. The Morgan fingerprint density at radius 2 is 0.426 bits per heavy atom. The Labute approximate surface area is 714 Å². The largest absolute Gasteiger partial charge is 0.208 e. The molecule has 0 radical (unpaired) electrons. The molecule has 18 aromatic carbocycles. The van der Waals surface area contributed by atoms with E-state index in [1.165, 1.54) is 118 Å². The third kappa shape index (κ3) is 12.1. The summed E-state index contributed by atoms with van der Waals surface area (Å²) in [5.41, 5.74) is 27.4. The molecule has 0 aliphatic heterocycles. The van der Waals surface area contributed by atoms with Crippen molar-refractivity contribution >= 4 is 73.8 Å². The van der Waals surface area contributed by atoms with Gasteiger partial charge in [-0.2, -0.15) is 0 Å². The van der Waals surface area contributed by atoms with E-state index in [0.29, 0.717) is 34.9 Å². The Bertz CT molecular complexity index is 7670.